The molecule has 18 heavy (non-hydrogen) atoms. The van der Waals surface area contributed by atoms with Crippen LogP contribution in [0, 0.1) is 5.92 Å². The first-order valence-electron chi connectivity index (χ1n) is 5.94. The van der Waals surface area contributed by atoms with Crippen molar-refractivity contribution >= 4 is 33.7 Å². The van der Waals surface area contributed by atoms with Crippen molar-refractivity contribution in [2.75, 3.05) is 13.2 Å². The van der Waals surface area contributed by atoms with Crippen molar-refractivity contribution in [3.05, 3.63) is 0 Å². The minimum absolute atomic E-state index is 0.0305. The van der Waals surface area contributed by atoms with Gasteiger partial charge in [-0.2, -0.15) is 0 Å². The van der Waals surface area contributed by atoms with E-state index in [2.05, 4.69) is 15.9 Å². The van der Waals surface area contributed by atoms with E-state index in [1.807, 2.05) is 0 Å². The number of ketones is 1. The van der Waals surface area contributed by atoms with Gasteiger partial charge in [0.1, 0.15) is 5.92 Å². The van der Waals surface area contributed by atoms with Crippen molar-refractivity contribution in [2.45, 2.75) is 38.4 Å². The Hall–Kier alpha value is -0.910. The zero-order chi connectivity index (χ0) is 14.1. The summed E-state index contributed by atoms with van der Waals surface area (Å²) in [4.78, 5) is 34.2. The zero-order valence-corrected chi connectivity index (χ0v) is 12.5. The lowest BCUT2D eigenvalue weighted by Gasteiger charge is -2.15. The molecule has 0 aromatic carbocycles. The van der Waals surface area contributed by atoms with Crippen molar-refractivity contribution in [1.82, 2.24) is 0 Å². The summed E-state index contributed by atoms with van der Waals surface area (Å²) in [6.45, 7) is 5.50. The average molecular weight is 323 g/mol. The number of hydrogen-bond acceptors (Lipinski definition) is 5. The SMILES string of the molecule is CCOC(=O)CC[C@H](C(=O)OCC)C(=O)C(C)Br. The number of hydrogen-bond donors (Lipinski definition) is 0. The van der Waals surface area contributed by atoms with Crippen LogP contribution in [0.4, 0.5) is 0 Å². The molecule has 0 spiro atoms. The van der Waals surface area contributed by atoms with E-state index < -0.39 is 22.7 Å². The van der Waals surface area contributed by atoms with Crippen LogP contribution in [0.1, 0.15) is 33.6 Å². The molecule has 0 saturated heterocycles. The van der Waals surface area contributed by atoms with E-state index in [9.17, 15) is 14.4 Å². The highest BCUT2D eigenvalue weighted by atomic mass is 79.9. The maximum absolute atomic E-state index is 11.8. The Morgan fingerprint density at radius 3 is 2.11 bits per heavy atom. The molecule has 0 bridgehead atoms. The summed E-state index contributed by atoms with van der Waals surface area (Å²) < 4.78 is 9.59. The van der Waals surface area contributed by atoms with Gasteiger partial charge in [-0.15, -0.1) is 0 Å². The van der Waals surface area contributed by atoms with E-state index in [4.69, 9.17) is 9.47 Å². The predicted molar refractivity (Wildman–Crippen MR) is 69.4 cm³/mol. The van der Waals surface area contributed by atoms with E-state index in [1.165, 1.54) is 0 Å². The zero-order valence-electron chi connectivity index (χ0n) is 10.9. The number of carbonyl (C=O) groups excluding carboxylic acids is 3. The maximum atomic E-state index is 11.8. The standard InChI is InChI=1S/C12H19BrO5/c1-4-17-10(14)7-6-9(11(15)8(3)13)12(16)18-5-2/h8-9H,4-7H2,1-3H3/t8?,9-/m0/s1. The van der Waals surface area contributed by atoms with E-state index >= 15 is 0 Å². The summed E-state index contributed by atoms with van der Waals surface area (Å²) in [6.07, 6.45) is 0.148. The minimum Gasteiger partial charge on any atom is -0.466 e. The summed E-state index contributed by atoms with van der Waals surface area (Å²) in [6, 6.07) is 0. The number of rotatable bonds is 8. The number of esters is 2. The lowest BCUT2D eigenvalue weighted by atomic mass is 9.96. The lowest BCUT2D eigenvalue weighted by molar-refractivity contribution is -0.152. The fourth-order valence-corrected chi connectivity index (χ4v) is 1.71. The van der Waals surface area contributed by atoms with Gasteiger partial charge in [0, 0.05) is 6.42 Å². The quantitative estimate of drug-likeness (QED) is 0.387. The van der Waals surface area contributed by atoms with Gasteiger partial charge in [0.2, 0.25) is 0 Å². The molecule has 0 aliphatic heterocycles. The van der Waals surface area contributed by atoms with Crippen LogP contribution in [0.15, 0.2) is 0 Å². The second kappa shape index (κ2) is 9.08. The van der Waals surface area contributed by atoms with E-state index in [-0.39, 0.29) is 31.8 Å². The normalized spacial score (nSPS) is 13.6. The van der Waals surface area contributed by atoms with Crippen molar-refractivity contribution in [2.24, 2.45) is 5.92 Å². The number of Topliss-reactive ketones (excluding diaryl/α,β-unsaturated/α-hetero) is 1. The summed E-state index contributed by atoms with van der Waals surface area (Å²) in [5.41, 5.74) is 0. The minimum atomic E-state index is -0.913. The predicted octanol–water partition coefficient (Wildman–Crippen LogP) is 1.86. The monoisotopic (exact) mass is 322 g/mol. The third-order valence-electron chi connectivity index (χ3n) is 2.25. The van der Waals surface area contributed by atoms with Crippen molar-refractivity contribution < 1.29 is 23.9 Å². The van der Waals surface area contributed by atoms with Crippen LogP contribution in [0.3, 0.4) is 0 Å². The Balaban J connectivity index is 4.53. The molecule has 0 fully saturated rings. The number of halogens is 1. The Morgan fingerprint density at radius 2 is 1.67 bits per heavy atom. The van der Waals surface area contributed by atoms with Crippen molar-refractivity contribution in [3.63, 3.8) is 0 Å². The Labute approximate surface area is 115 Å². The first-order chi connectivity index (χ1) is 8.43. The van der Waals surface area contributed by atoms with Crippen molar-refractivity contribution in [3.8, 4) is 0 Å². The first-order valence-corrected chi connectivity index (χ1v) is 6.85. The summed E-state index contributed by atoms with van der Waals surface area (Å²) in [7, 11) is 0. The molecule has 0 N–H and O–H groups in total. The van der Waals surface area contributed by atoms with Gasteiger partial charge in [-0.3, -0.25) is 14.4 Å². The first kappa shape index (κ1) is 17.1. The Kier molecular flexibility index (Phi) is 8.62. The number of ether oxygens (including phenoxy) is 2. The molecule has 0 radical (unpaired) electrons. The third-order valence-corrected chi connectivity index (χ3v) is 2.70. The molecule has 5 nitrogen and oxygen atoms in total. The van der Waals surface area contributed by atoms with Gasteiger partial charge in [0.05, 0.1) is 18.0 Å². The van der Waals surface area contributed by atoms with Gasteiger partial charge in [0.25, 0.3) is 0 Å². The van der Waals surface area contributed by atoms with Crippen LogP contribution in [0.2, 0.25) is 0 Å². The molecule has 0 aromatic rings. The molecule has 0 rings (SSSR count). The Bertz CT molecular complexity index is 301. The van der Waals surface area contributed by atoms with E-state index in [0.29, 0.717) is 0 Å². The highest BCUT2D eigenvalue weighted by molar-refractivity contribution is 9.10. The smallest absolute Gasteiger partial charge is 0.316 e. The van der Waals surface area contributed by atoms with Gasteiger partial charge >= 0.3 is 11.9 Å². The summed E-state index contributed by atoms with van der Waals surface area (Å²) in [5.74, 6) is -2.19. The third kappa shape index (κ3) is 6.14. The van der Waals surface area contributed by atoms with Crippen molar-refractivity contribution in [1.29, 1.82) is 0 Å². The summed E-state index contributed by atoms with van der Waals surface area (Å²) >= 11 is 3.12. The van der Waals surface area contributed by atoms with Crippen LogP contribution in [0.5, 0.6) is 0 Å². The highest BCUT2D eigenvalue weighted by Gasteiger charge is 2.30. The van der Waals surface area contributed by atoms with Gasteiger partial charge in [-0.25, -0.2) is 0 Å². The largest absolute Gasteiger partial charge is 0.466 e. The molecule has 0 aliphatic carbocycles. The molecule has 104 valence electrons. The second-order valence-corrected chi connectivity index (χ2v) is 5.04. The molecule has 0 aliphatic rings. The number of carbonyl (C=O) groups is 3. The Morgan fingerprint density at radius 1 is 1.11 bits per heavy atom. The molecule has 1 unspecified atom stereocenters. The average Bonchev–Trinajstić information content (AvgIpc) is 2.29. The fourth-order valence-electron chi connectivity index (χ4n) is 1.39. The molecular formula is C12H19BrO5. The van der Waals surface area contributed by atoms with Crippen LogP contribution in [-0.4, -0.2) is 35.8 Å². The van der Waals surface area contributed by atoms with Gasteiger partial charge in [0.15, 0.2) is 5.78 Å². The van der Waals surface area contributed by atoms with Crippen LogP contribution in [-0.2, 0) is 23.9 Å². The number of alkyl halides is 1. The summed E-state index contributed by atoms with van der Waals surface area (Å²) in [5, 5.41) is 0. The van der Waals surface area contributed by atoms with Crippen LogP contribution in [0.25, 0.3) is 0 Å². The van der Waals surface area contributed by atoms with E-state index in [1.54, 1.807) is 20.8 Å². The second-order valence-electron chi connectivity index (χ2n) is 3.67. The molecule has 0 heterocycles. The van der Waals surface area contributed by atoms with Gasteiger partial charge in [-0.1, -0.05) is 15.9 Å². The van der Waals surface area contributed by atoms with Crippen LogP contribution < -0.4 is 0 Å². The van der Waals surface area contributed by atoms with Crippen LogP contribution >= 0.6 is 15.9 Å². The fraction of sp³-hybridized carbons (Fsp3) is 0.750. The maximum Gasteiger partial charge on any atom is 0.316 e. The van der Waals surface area contributed by atoms with Gasteiger partial charge < -0.3 is 9.47 Å². The van der Waals surface area contributed by atoms with Gasteiger partial charge in [-0.05, 0) is 27.2 Å². The molecule has 6 heteroatoms. The topological polar surface area (TPSA) is 69.7 Å². The molecular weight excluding hydrogens is 304 g/mol. The lowest BCUT2D eigenvalue weighted by Crippen LogP contribution is -2.31. The molecule has 0 amide bonds. The molecule has 0 saturated carbocycles. The molecule has 2 atom stereocenters. The highest BCUT2D eigenvalue weighted by Crippen LogP contribution is 2.16. The molecule has 0 aromatic heterocycles. The van der Waals surface area contributed by atoms with E-state index in [0.717, 1.165) is 0 Å².